The summed E-state index contributed by atoms with van der Waals surface area (Å²) in [6.45, 7) is 4.92. The summed E-state index contributed by atoms with van der Waals surface area (Å²) in [4.78, 5) is 28.7. The lowest BCUT2D eigenvalue weighted by molar-refractivity contribution is -0.126. The molecular weight excluding hydrogens is 350 g/mol. The zero-order valence-electron chi connectivity index (χ0n) is 16.7. The van der Waals surface area contributed by atoms with Crippen molar-refractivity contribution in [3.8, 4) is 0 Å². The van der Waals surface area contributed by atoms with Crippen molar-refractivity contribution in [3.63, 3.8) is 0 Å². The van der Waals surface area contributed by atoms with Crippen LogP contribution in [0, 0.1) is 12.8 Å². The Morgan fingerprint density at radius 1 is 1.14 bits per heavy atom. The van der Waals surface area contributed by atoms with Gasteiger partial charge in [0.05, 0.1) is 5.92 Å². The Kier molecular flexibility index (Phi) is 6.82. The third kappa shape index (κ3) is 5.42. The van der Waals surface area contributed by atoms with Crippen LogP contribution in [0.5, 0.6) is 0 Å². The smallest absolute Gasteiger partial charge is 0.227 e. The highest BCUT2D eigenvalue weighted by Crippen LogP contribution is 2.25. The molecule has 1 aliphatic rings. The molecule has 1 aliphatic heterocycles. The minimum absolute atomic E-state index is 0.0197. The maximum atomic E-state index is 12.5. The number of hydrogen-bond donors (Lipinski definition) is 1. The average molecular weight is 380 g/mol. The second-order valence-corrected chi connectivity index (χ2v) is 7.61. The molecule has 1 N–H and O–H groups in total. The molecule has 0 radical (unpaired) electrons. The van der Waals surface area contributed by atoms with Gasteiger partial charge in [0, 0.05) is 31.7 Å². The number of anilines is 1. The van der Waals surface area contributed by atoms with Crippen LogP contribution < -0.4 is 10.2 Å². The van der Waals surface area contributed by atoms with E-state index in [0.29, 0.717) is 13.1 Å². The lowest BCUT2D eigenvalue weighted by Crippen LogP contribution is -2.34. The number of benzene rings is 2. The summed E-state index contributed by atoms with van der Waals surface area (Å²) < 4.78 is 0. The van der Waals surface area contributed by atoms with Gasteiger partial charge in [-0.2, -0.15) is 0 Å². The molecule has 1 unspecified atom stereocenters. The van der Waals surface area contributed by atoms with Crippen LogP contribution in [0.2, 0.25) is 0 Å². The Hall–Kier alpha value is -2.66. The molecule has 0 saturated carbocycles. The van der Waals surface area contributed by atoms with Gasteiger partial charge in [-0.25, -0.2) is 0 Å². The van der Waals surface area contributed by atoms with Gasteiger partial charge >= 0.3 is 0 Å². The number of aryl methyl sites for hydroxylation is 1. The summed E-state index contributed by atoms with van der Waals surface area (Å²) in [6, 6.07) is 18.2. The zero-order chi connectivity index (χ0) is 19.9. The Balaban J connectivity index is 1.39. The number of carbonyl (C=O) groups is 2. The number of nitrogens with one attached hydrogen (secondary N) is 1. The van der Waals surface area contributed by atoms with E-state index < -0.39 is 0 Å². The van der Waals surface area contributed by atoms with Crippen LogP contribution >= 0.6 is 0 Å². The van der Waals surface area contributed by atoms with Gasteiger partial charge in [-0.1, -0.05) is 48.0 Å². The molecule has 0 bridgehead atoms. The second-order valence-electron chi connectivity index (χ2n) is 7.61. The lowest BCUT2D eigenvalue weighted by atomic mass is 10.1. The fourth-order valence-electron chi connectivity index (χ4n) is 3.54. The van der Waals surface area contributed by atoms with Crippen molar-refractivity contribution >= 4 is 17.5 Å². The number of rotatable bonds is 8. The SMILES string of the molecule is Cc1ccc(N2CC(C(=O)NCCCN(C)Cc3ccccc3)CC2=O)cc1. The molecule has 28 heavy (non-hydrogen) atoms. The van der Waals surface area contributed by atoms with Gasteiger partial charge in [0.25, 0.3) is 0 Å². The van der Waals surface area contributed by atoms with Gasteiger partial charge in [0.15, 0.2) is 0 Å². The molecular formula is C23H29N3O2. The van der Waals surface area contributed by atoms with Gasteiger partial charge < -0.3 is 15.1 Å². The van der Waals surface area contributed by atoms with Gasteiger partial charge in [-0.15, -0.1) is 0 Å². The van der Waals surface area contributed by atoms with Gasteiger partial charge in [-0.05, 0) is 44.6 Å². The van der Waals surface area contributed by atoms with E-state index in [1.807, 2.05) is 49.4 Å². The first-order valence-corrected chi connectivity index (χ1v) is 9.90. The van der Waals surface area contributed by atoms with E-state index in [2.05, 4.69) is 29.4 Å². The molecule has 1 atom stereocenters. The van der Waals surface area contributed by atoms with Crippen molar-refractivity contribution in [3.05, 3.63) is 65.7 Å². The molecule has 0 aliphatic carbocycles. The quantitative estimate of drug-likeness (QED) is 0.718. The highest BCUT2D eigenvalue weighted by molar-refractivity contribution is 6.00. The van der Waals surface area contributed by atoms with E-state index in [1.165, 1.54) is 5.56 Å². The standard InChI is InChI=1S/C23H29N3O2/c1-18-9-11-21(12-10-18)26-17-20(15-22(26)27)23(28)24-13-6-14-25(2)16-19-7-4-3-5-8-19/h3-5,7-12,20H,6,13-17H2,1-2H3,(H,24,28). The van der Waals surface area contributed by atoms with Gasteiger partial charge in [0.2, 0.25) is 11.8 Å². The van der Waals surface area contributed by atoms with E-state index >= 15 is 0 Å². The highest BCUT2D eigenvalue weighted by Gasteiger charge is 2.34. The number of amides is 2. The zero-order valence-corrected chi connectivity index (χ0v) is 16.7. The van der Waals surface area contributed by atoms with Crippen LogP contribution in [0.4, 0.5) is 5.69 Å². The predicted molar refractivity (Wildman–Crippen MR) is 112 cm³/mol. The molecule has 148 valence electrons. The molecule has 0 aromatic heterocycles. The first-order chi connectivity index (χ1) is 13.5. The summed E-state index contributed by atoms with van der Waals surface area (Å²) in [6.07, 6.45) is 1.17. The molecule has 2 aromatic rings. The van der Waals surface area contributed by atoms with Crippen molar-refractivity contribution in [2.45, 2.75) is 26.3 Å². The van der Waals surface area contributed by atoms with Gasteiger partial charge in [-0.3, -0.25) is 9.59 Å². The Labute approximate surface area is 167 Å². The van der Waals surface area contributed by atoms with Crippen LogP contribution in [0.25, 0.3) is 0 Å². The van der Waals surface area contributed by atoms with Crippen molar-refractivity contribution in [1.29, 1.82) is 0 Å². The van der Waals surface area contributed by atoms with Crippen LogP contribution in [0.15, 0.2) is 54.6 Å². The van der Waals surface area contributed by atoms with Crippen molar-refractivity contribution in [2.24, 2.45) is 5.92 Å². The Bertz CT molecular complexity index is 789. The van der Waals surface area contributed by atoms with E-state index in [1.54, 1.807) is 4.90 Å². The number of carbonyl (C=O) groups excluding carboxylic acids is 2. The van der Waals surface area contributed by atoms with E-state index in [-0.39, 0.29) is 24.2 Å². The third-order valence-corrected chi connectivity index (χ3v) is 5.15. The maximum Gasteiger partial charge on any atom is 0.227 e. The largest absolute Gasteiger partial charge is 0.356 e. The Morgan fingerprint density at radius 3 is 2.57 bits per heavy atom. The molecule has 1 heterocycles. The fraction of sp³-hybridized carbons (Fsp3) is 0.391. The monoisotopic (exact) mass is 379 g/mol. The average Bonchev–Trinajstić information content (AvgIpc) is 3.08. The molecule has 5 nitrogen and oxygen atoms in total. The molecule has 2 amide bonds. The van der Waals surface area contributed by atoms with E-state index in [9.17, 15) is 9.59 Å². The summed E-state index contributed by atoms with van der Waals surface area (Å²) >= 11 is 0. The molecule has 1 saturated heterocycles. The maximum absolute atomic E-state index is 12.5. The second kappa shape index (κ2) is 9.51. The minimum atomic E-state index is -0.268. The van der Waals surface area contributed by atoms with Crippen LogP contribution in [0.3, 0.4) is 0 Å². The molecule has 1 fully saturated rings. The summed E-state index contributed by atoms with van der Waals surface area (Å²) in [5.74, 6) is -0.267. The van der Waals surface area contributed by atoms with Crippen molar-refractivity contribution in [2.75, 3.05) is 31.6 Å². The Morgan fingerprint density at radius 2 is 1.86 bits per heavy atom. The number of nitrogens with zero attached hydrogens (tertiary/aromatic N) is 2. The molecule has 3 rings (SSSR count). The van der Waals surface area contributed by atoms with E-state index in [0.717, 1.165) is 30.8 Å². The topological polar surface area (TPSA) is 52.7 Å². The molecule has 2 aromatic carbocycles. The summed E-state index contributed by atoms with van der Waals surface area (Å²) in [7, 11) is 2.09. The van der Waals surface area contributed by atoms with Crippen LogP contribution in [0.1, 0.15) is 24.0 Å². The van der Waals surface area contributed by atoms with Crippen molar-refractivity contribution in [1.82, 2.24) is 10.2 Å². The first-order valence-electron chi connectivity index (χ1n) is 9.90. The first kappa shape index (κ1) is 20.1. The molecule has 5 heteroatoms. The van der Waals surface area contributed by atoms with Gasteiger partial charge in [0.1, 0.15) is 0 Å². The van der Waals surface area contributed by atoms with Crippen molar-refractivity contribution < 1.29 is 9.59 Å². The highest BCUT2D eigenvalue weighted by atomic mass is 16.2. The van der Waals surface area contributed by atoms with Crippen LogP contribution in [-0.4, -0.2) is 43.4 Å². The van der Waals surface area contributed by atoms with E-state index in [4.69, 9.17) is 0 Å². The predicted octanol–water partition coefficient (Wildman–Crippen LogP) is 2.99. The molecule has 0 spiro atoms. The fourth-order valence-corrected chi connectivity index (χ4v) is 3.54. The number of hydrogen-bond acceptors (Lipinski definition) is 3. The third-order valence-electron chi connectivity index (χ3n) is 5.15. The summed E-state index contributed by atoms with van der Waals surface area (Å²) in [5.41, 5.74) is 3.31. The van der Waals surface area contributed by atoms with Crippen LogP contribution in [-0.2, 0) is 16.1 Å². The summed E-state index contributed by atoms with van der Waals surface area (Å²) in [5, 5.41) is 3.00. The normalized spacial score (nSPS) is 16.6. The minimum Gasteiger partial charge on any atom is -0.356 e. The lowest BCUT2D eigenvalue weighted by Gasteiger charge is -2.18.